The molecule has 0 spiro atoms. The van der Waals surface area contributed by atoms with Crippen molar-refractivity contribution >= 4 is 6.09 Å². The molecular formula is C16H21N3O2. The van der Waals surface area contributed by atoms with Crippen molar-refractivity contribution < 1.29 is 9.53 Å². The largest absolute Gasteiger partial charge is 0.449 e. The molecule has 0 N–H and O–H groups in total. The van der Waals surface area contributed by atoms with E-state index in [-0.39, 0.29) is 6.09 Å². The minimum absolute atomic E-state index is 0.268. The fourth-order valence-corrected chi connectivity index (χ4v) is 2.54. The maximum absolute atomic E-state index is 11.9. The Labute approximate surface area is 125 Å². The maximum atomic E-state index is 11.9. The molecule has 1 aromatic heterocycles. The molecule has 1 amide bonds. The summed E-state index contributed by atoms with van der Waals surface area (Å²) in [6.45, 7) is 3.60. The van der Waals surface area contributed by atoms with Gasteiger partial charge in [-0.3, -0.25) is 4.98 Å². The van der Waals surface area contributed by atoms with Crippen molar-refractivity contribution in [1.29, 1.82) is 5.26 Å². The number of carbonyl (C=O) groups is 1. The van der Waals surface area contributed by atoms with E-state index < -0.39 is 5.41 Å². The van der Waals surface area contributed by atoms with Crippen LogP contribution in [-0.2, 0) is 10.2 Å². The first-order chi connectivity index (χ1) is 10.2. The molecule has 1 aliphatic heterocycles. The van der Waals surface area contributed by atoms with Gasteiger partial charge in [0.1, 0.15) is 5.41 Å². The van der Waals surface area contributed by atoms with Crippen molar-refractivity contribution in [2.75, 3.05) is 19.7 Å². The lowest BCUT2D eigenvalue weighted by molar-refractivity contribution is 0.0866. The number of amides is 1. The van der Waals surface area contributed by atoms with Crippen LogP contribution in [0.3, 0.4) is 0 Å². The lowest BCUT2D eigenvalue weighted by atomic mass is 9.77. The first kappa shape index (κ1) is 15.3. The zero-order valence-corrected chi connectivity index (χ0v) is 12.4. The number of likely N-dealkylation sites (tertiary alicyclic amines) is 1. The topological polar surface area (TPSA) is 66.2 Å². The highest BCUT2D eigenvalue weighted by atomic mass is 16.6. The molecule has 1 aliphatic rings. The van der Waals surface area contributed by atoms with Crippen LogP contribution in [0.4, 0.5) is 4.79 Å². The minimum atomic E-state index is -0.582. The first-order valence-electron chi connectivity index (χ1n) is 7.46. The first-order valence-corrected chi connectivity index (χ1v) is 7.46. The van der Waals surface area contributed by atoms with Crippen LogP contribution >= 0.6 is 0 Å². The van der Waals surface area contributed by atoms with E-state index in [0.29, 0.717) is 32.5 Å². The predicted octanol–water partition coefficient (Wildman–Crippen LogP) is 2.88. The highest BCUT2D eigenvalue weighted by Crippen LogP contribution is 2.33. The number of rotatable bonds is 4. The fourth-order valence-electron chi connectivity index (χ4n) is 2.54. The van der Waals surface area contributed by atoms with Gasteiger partial charge in [0, 0.05) is 19.3 Å². The third-order valence-electron chi connectivity index (χ3n) is 3.97. The summed E-state index contributed by atoms with van der Waals surface area (Å²) in [6, 6.07) is 8.03. The fraction of sp³-hybridized carbons (Fsp3) is 0.562. The SMILES string of the molecule is CCCCOC(=O)N1CCC(C#N)(c2ccccn2)CC1. The molecule has 1 fully saturated rings. The van der Waals surface area contributed by atoms with E-state index in [4.69, 9.17) is 4.74 Å². The summed E-state index contributed by atoms with van der Waals surface area (Å²) >= 11 is 0. The van der Waals surface area contributed by atoms with Crippen LogP contribution in [0.15, 0.2) is 24.4 Å². The average molecular weight is 287 g/mol. The number of nitrogens with zero attached hydrogens (tertiary/aromatic N) is 3. The smallest absolute Gasteiger partial charge is 0.409 e. The predicted molar refractivity (Wildman–Crippen MR) is 78.6 cm³/mol. The molecule has 0 atom stereocenters. The number of hydrogen-bond donors (Lipinski definition) is 0. The lowest BCUT2D eigenvalue weighted by Crippen LogP contribution is -2.45. The van der Waals surface area contributed by atoms with Crippen molar-refractivity contribution in [1.82, 2.24) is 9.88 Å². The summed E-state index contributed by atoms with van der Waals surface area (Å²) in [4.78, 5) is 17.9. The third-order valence-corrected chi connectivity index (χ3v) is 3.97. The monoisotopic (exact) mass is 287 g/mol. The number of nitriles is 1. The Kier molecular flexibility index (Phi) is 5.15. The molecule has 0 radical (unpaired) electrons. The van der Waals surface area contributed by atoms with Gasteiger partial charge in [-0.05, 0) is 31.4 Å². The Hall–Kier alpha value is -2.09. The van der Waals surface area contributed by atoms with Crippen LogP contribution in [0.25, 0.3) is 0 Å². The lowest BCUT2D eigenvalue weighted by Gasteiger charge is -2.36. The van der Waals surface area contributed by atoms with Crippen LogP contribution in [0.1, 0.15) is 38.3 Å². The quantitative estimate of drug-likeness (QED) is 0.799. The number of piperidine rings is 1. The zero-order valence-electron chi connectivity index (χ0n) is 12.4. The van der Waals surface area contributed by atoms with Crippen LogP contribution < -0.4 is 0 Å². The van der Waals surface area contributed by atoms with Gasteiger partial charge < -0.3 is 9.64 Å². The summed E-state index contributed by atoms with van der Waals surface area (Å²) in [5.41, 5.74) is 0.216. The second-order valence-corrected chi connectivity index (χ2v) is 5.36. The molecule has 21 heavy (non-hydrogen) atoms. The third kappa shape index (κ3) is 3.52. The Morgan fingerprint density at radius 1 is 1.48 bits per heavy atom. The Morgan fingerprint density at radius 2 is 2.24 bits per heavy atom. The van der Waals surface area contributed by atoms with E-state index in [1.165, 1.54) is 0 Å². The van der Waals surface area contributed by atoms with Gasteiger partial charge in [-0.15, -0.1) is 0 Å². The van der Waals surface area contributed by atoms with Gasteiger partial charge in [0.25, 0.3) is 0 Å². The van der Waals surface area contributed by atoms with Gasteiger partial charge in [0.05, 0.1) is 18.4 Å². The van der Waals surface area contributed by atoms with Crippen molar-refractivity contribution in [3.8, 4) is 6.07 Å². The molecule has 2 heterocycles. The Bertz CT molecular complexity index is 502. The van der Waals surface area contributed by atoms with Gasteiger partial charge in [0.2, 0.25) is 0 Å². The number of hydrogen-bond acceptors (Lipinski definition) is 4. The molecule has 5 nitrogen and oxygen atoms in total. The summed E-state index contributed by atoms with van der Waals surface area (Å²) in [6.07, 6.45) is 4.53. The van der Waals surface area contributed by atoms with Crippen LogP contribution in [-0.4, -0.2) is 35.7 Å². The van der Waals surface area contributed by atoms with E-state index in [1.807, 2.05) is 18.2 Å². The van der Waals surface area contributed by atoms with E-state index >= 15 is 0 Å². The second kappa shape index (κ2) is 7.07. The van der Waals surface area contributed by atoms with Crippen molar-refractivity contribution in [2.24, 2.45) is 0 Å². The molecule has 112 valence electrons. The normalized spacial score (nSPS) is 17.0. The minimum Gasteiger partial charge on any atom is -0.449 e. The Balaban J connectivity index is 1.95. The number of ether oxygens (including phenoxy) is 1. The van der Waals surface area contributed by atoms with Crippen molar-refractivity contribution in [3.05, 3.63) is 30.1 Å². The summed E-state index contributed by atoms with van der Waals surface area (Å²) in [7, 11) is 0. The molecule has 0 unspecified atom stereocenters. The summed E-state index contributed by atoms with van der Waals surface area (Å²) in [5.74, 6) is 0. The second-order valence-electron chi connectivity index (χ2n) is 5.36. The Morgan fingerprint density at radius 3 is 2.81 bits per heavy atom. The van der Waals surface area contributed by atoms with Gasteiger partial charge >= 0.3 is 6.09 Å². The summed E-state index contributed by atoms with van der Waals surface area (Å²) < 4.78 is 5.22. The van der Waals surface area contributed by atoms with Gasteiger partial charge in [0.15, 0.2) is 0 Å². The van der Waals surface area contributed by atoms with Crippen LogP contribution in [0, 0.1) is 11.3 Å². The molecule has 0 aromatic carbocycles. The van der Waals surface area contributed by atoms with Gasteiger partial charge in [-0.2, -0.15) is 5.26 Å². The number of aromatic nitrogens is 1. The molecule has 1 aromatic rings. The molecule has 0 saturated carbocycles. The standard InChI is InChI=1S/C16H21N3O2/c1-2-3-12-21-15(20)19-10-7-16(13-17,8-11-19)14-6-4-5-9-18-14/h4-6,9H,2-3,7-8,10-12H2,1H3. The number of unbranched alkanes of at least 4 members (excludes halogenated alkanes) is 1. The molecule has 0 bridgehead atoms. The highest BCUT2D eigenvalue weighted by molar-refractivity contribution is 5.67. The van der Waals surface area contributed by atoms with Crippen molar-refractivity contribution in [3.63, 3.8) is 0 Å². The van der Waals surface area contributed by atoms with E-state index in [1.54, 1.807) is 11.1 Å². The van der Waals surface area contributed by atoms with Gasteiger partial charge in [-0.1, -0.05) is 19.4 Å². The number of carbonyl (C=O) groups excluding carboxylic acids is 1. The van der Waals surface area contributed by atoms with Crippen LogP contribution in [0.2, 0.25) is 0 Å². The number of pyridine rings is 1. The molecule has 2 rings (SSSR count). The van der Waals surface area contributed by atoms with Gasteiger partial charge in [-0.25, -0.2) is 4.79 Å². The molecular weight excluding hydrogens is 266 g/mol. The van der Waals surface area contributed by atoms with Crippen molar-refractivity contribution in [2.45, 2.75) is 38.0 Å². The molecule has 1 saturated heterocycles. The highest BCUT2D eigenvalue weighted by Gasteiger charge is 2.39. The van der Waals surface area contributed by atoms with E-state index in [2.05, 4.69) is 18.0 Å². The van der Waals surface area contributed by atoms with Crippen LogP contribution in [0.5, 0.6) is 0 Å². The van der Waals surface area contributed by atoms with E-state index in [0.717, 1.165) is 18.5 Å². The maximum Gasteiger partial charge on any atom is 0.409 e. The average Bonchev–Trinajstić information content (AvgIpc) is 2.56. The zero-order chi connectivity index (χ0) is 15.1. The molecule has 5 heteroatoms. The summed E-state index contributed by atoms with van der Waals surface area (Å²) in [5, 5.41) is 9.57. The molecule has 0 aliphatic carbocycles. The van der Waals surface area contributed by atoms with E-state index in [9.17, 15) is 10.1 Å².